The quantitative estimate of drug-likeness (QED) is 0.800. The second kappa shape index (κ2) is 8.49. The lowest BCUT2D eigenvalue weighted by molar-refractivity contribution is -0.112. The number of nitrogens with zero attached hydrogens (tertiary/aromatic N) is 1. The zero-order valence-electron chi connectivity index (χ0n) is 16.0. The molecule has 3 rings (SSSR count). The summed E-state index contributed by atoms with van der Waals surface area (Å²) in [6.07, 6.45) is 5.41. The van der Waals surface area contributed by atoms with E-state index in [1.54, 1.807) is 12.3 Å². The zero-order valence-corrected chi connectivity index (χ0v) is 16.0. The molecule has 1 radical (unpaired) electrons. The zero-order chi connectivity index (χ0) is 20.1. The summed E-state index contributed by atoms with van der Waals surface area (Å²) in [6.45, 7) is 9.94. The van der Waals surface area contributed by atoms with Crippen molar-refractivity contribution in [3.05, 3.63) is 120 Å². The molecule has 0 atom stereocenters. The van der Waals surface area contributed by atoms with Gasteiger partial charge in [-0.3, -0.25) is 4.79 Å². The molecule has 2 N–H and O–H groups in total. The van der Waals surface area contributed by atoms with Crippen LogP contribution in [-0.4, -0.2) is 11.5 Å². The SMILES string of the molecule is C=C[C]1C(C(=O)Cc2ccccc2)=NC(=C)/C1=C\C(=CN)c1ccc(C)cc1. The molecular formula is C25H23N2O. The van der Waals surface area contributed by atoms with Gasteiger partial charge < -0.3 is 5.73 Å². The van der Waals surface area contributed by atoms with Crippen LogP contribution >= 0.6 is 0 Å². The minimum Gasteiger partial charge on any atom is -0.404 e. The van der Waals surface area contributed by atoms with Crippen molar-refractivity contribution in [3.8, 4) is 0 Å². The average molecular weight is 367 g/mol. The average Bonchev–Trinajstić information content (AvgIpc) is 3.03. The van der Waals surface area contributed by atoms with Crippen molar-refractivity contribution in [1.82, 2.24) is 0 Å². The molecule has 0 aromatic heterocycles. The van der Waals surface area contributed by atoms with Crippen LogP contribution in [0.15, 0.2) is 102 Å². The number of hydrogen-bond acceptors (Lipinski definition) is 3. The van der Waals surface area contributed by atoms with Gasteiger partial charge in [0.15, 0.2) is 5.78 Å². The highest BCUT2D eigenvalue weighted by Gasteiger charge is 2.32. The van der Waals surface area contributed by atoms with Crippen LogP contribution in [0.25, 0.3) is 5.57 Å². The van der Waals surface area contributed by atoms with Crippen molar-refractivity contribution in [3.63, 3.8) is 0 Å². The van der Waals surface area contributed by atoms with E-state index in [-0.39, 0.29) is 12.2 Å². The van der Waals surface area contributed by atoms with Gasteiger partial charge in [-0.05, 0) is 35.3 Å². The van der Waals surface area contributed by atoms with E-state index in [1.165, 1.54) is 5.56 Å². The highest BCUT2D eigenvalue weighted by Crippen LogP contribution is 2.35. The van der Waals surface area contributed by atoms with Gasteiger partial charge in [0, 0.05) is 12.6 Å². The van der Waals surface area contributed by atoms with Crippen molar-refractivity contribution in [1.29, 1.82) is 0 Å². The molecule has 139 valence electrons. The Morgan fingerprint density at radius 1 is 1.11 bits per heavy atom. The monoisotopic (exact) mass is 367 g/mol. The number of carbonyl (C=O) groups excluding carboxylic acids is 1. The summed E-state index contributed by atoms with van der Waals surface area (Å²) in [5, 5.41) is 0. The highest BCUT2D eigenvalue weighted by molar-refractivity contribution is 6.48. The third-order valence-corrected chi connectivity index (χ3v) is 4.64. The molecule has 1 aliphatic rings. The van der Waals surface area contributed by atoms with E-state index in [0.29, 0.717) is 17.3 Å². The maximum absolute atomic E-state index is 12.8. The van der Waals surface area contributed by atoms with E-state index in [0.717, 1.165) is 22.3 Å². The van der Waals surface area contributed by atoms with Gasteiger partial charge in [-0.15, -0.1) is 6.58 Å². The van der Waals surface area contributed by atoms with Crippen LogP contribution in [0.2, 0.25) is 0 Å². The Balaban J connectivity index is 1.88. The topological polar surface area (TPSA) is 55.5 Å². The summed E-state index contributed by atoms with van der Waals surface area (Å²) in [7, 11) is 0. The number of rotatable bonds is 6. The van der Waals surface area contributed by atoms with Crippen molar-refractivity contribution >= 4 is 17.1 Å². The van der Waals surface area contributed by atoms with Crippen LogP contribution in [0.5, 0.6) is 0 Å². The second-order valence-corrected chi connectivity index (χ2v) is 6.66. The highest BCUT2D eigenvalue weighted by atomic mass is 16.1. The molecule has 0 fully saturated rings. The first kappa shape index (κ1) is 19.3. The molecule has 0 bridgehead atoms. The van der Waals surface area contributed by atoms with Gasteiger partial charge in [-0.1, -0.05) is 72.8 Å². The number of carbonyl (C=O) groups is 1. The maximum atomic E-state index is 12.8. The lowest BCUT2D eigenvalue weighted by atomic mass is 9.89. The second-order valence-electron chi connectivity index (χ2n) is 6.66. The predicted molar refractivity (Wildman–Crippen MR) is 117 cm³/mol. The summed E-state index contributed by atoms with van der Waals surface area (Å²) in [4.78, 5) is 17.3. The normalized spacial score (nSPS) is 16.3. The molecule has 0 saturated carbocycles. The third kappa shape index (κ3) is 4.09. The molecule has 3 nitrogen and oxygen atoms in total. The number of ketones is 1. The molecule has 2 aromatic rings. The van der Waals surface area contributed by atoms with E-state index in [1.807, 2.05) is 67.6 Å². The molecule has 1 heterocycles. The van der Waals surface area contributed by atoms with E-state index >= 15 is 0 Å². The molecule has 3 heteroatoms. The Labute approximate surface area is 166 Å². The summed E-state index contributed by atoms with van der Waals surface area (Å²) in [6, 6.07) is 17.7. The Kier molecular flexibility index (Phi) is 5.85. The van der Waals surface area contributed by atoms with Gasteiger partial charge in [-0.25, -0.2) is 4.99 Å². The fourth-order valence-electron chi connectivity index (χ4n) is 3.11. The summed E-state index contributed by atoms with van der Waals surface area (Å²) in [5.41, 5.74) is 11.5. The number of aliphatic imine (C=N–C) groups is 1. The Morgan fingerprint density at radius 3 is 2.39 bits per heavy atom. The largest absolute Gasteiger partial charge is 0.404 e. The molecule has 0 unspecified atom stereocenters. The lowest BCUT2D eigenvalue weighted by Crippen LogP contribution is -2.20. The van der Waals surface area contributed by atoms with Gasteiger partial charge in [0.1, 0.15) is 5.71 Å². The third-order valence-electron chi connectivity index (χ3n) is 4.64. The van der Waals surface area contributed by atoms with E-state index in [9.17, 15) is 4.79 Å². The van der Waals surface area contributed by atoms with E-state index in [4.69, 9.17) is 5.73 Å². The summed E-state index contributed by atoms with van der Waals surface area (Å²) < 4.78 is 0. The number of aryl methyl sites for hydroxylation is 1. The molecule has 1 aliphatic heterocycles. The maximum Gasteiger partial charge on any atom is 0.182 e. The molecule has 0 amide bonds. The fourth-order valence-corrected chi connectivity index (χ4v) is 3.11. The van der Waals surface area contributed by atoms with Crippen LogP contribution in [0.3, 0.4) is 0 Å². The molecular weight excluding hydrogens is 344 g/mol. The minimum atomic E-state index is -0.0562. The van der Waals surface area contributed by atoms with Crippen LogP contribution < -0.4 is 5.73 Å². The summed E-state index contributed by atoms with van der Waals surface area (Å²) in [5.74, 6) is 0.636. The van der Waals surface area contributed by atoms with Crippen molar-refractivity contribution in [2.24, 2.45) is 10.7 Å². The van der Waals surface area contributed by atoms with E-state index in [2.05, 4.69) is 18.2 Å². The molecule has 0 saturated heterocycles. The summed E-state index contributed by atoms with van der Waals surface area (Å²) >= 11 is 0. The number of allylic oxidation sites excluding steroid dienone is 4. The van der Waals surface area contributed by atoms with Crippen LogP contribution in [-0.2, 0) is 11.2 Å². The van der Waals surface area contributed by atoms with Crippen molar-refractivity contribution < 1.29 is 4.79 Å². The first-order chi connectivity index (χ1) is 13.5. The van der Waals surface area contributed by atoms with Gasteiger partial charge >= 0.3 is 0 Å². The van der Waals surface area contributed by atoms with Gasteiger partial charge in [-0.2, -0.15) is 0 Å². The molecule has 0 spiro atoms. The molecule has 28 heavy (non-hydrogen) atoms. The number of hydrogen-bond donors (Lipinski definition) is 1. The fraction of sp³-hybridized carbons (Fsp3) is 0.0800. The predicted octanol–water partition coefficient (Wildman–Crippen LogP) is 4.76. The Hall–Kier alpha value is -3.46. The van der Waals surface area contributed by atoms with Crippen LogP contribution in [0.4, 0.5) is 0 Å². The number of benzene rings is 2. The smallest absolute Gasteiger partial charge is 0.182 e. The molecule has 0 aliphatic carbocycles. The first-order valence-electron chi connectivity index (χ1n) is 9.09. The van der Waals surface area contributed by atoms with Gasteiger partial charge in [0.25, 0.3) is 0 Å². The standard InChI is InChI=1S/C25H23N2O/c1-4-22-23(15-21(16-26)20-12-10-17(2)11-13-20)18(3)27-25(22)24(28)14-19-8-6-5-7-9-19/h4-13,15-16H,1,3,14,26H2,2H3/b21-16?,23-15+. The van der Waals surface area contributed by atoms with Crippen LogP contribution in [0, 0.1) is 12.8 Å². The lowest BCUT2D eigenvalue weighted by Gasteiger charge is -2.11. The van der Waals surface area contributed by atoms with Crippen LogP contribution in [0.1, 0.15) is 16.7 Å². The first-order valence-corrected chi connectivity index (χ1v) is 9.09. The van der Waals surface area contributed by atoms with E-state index < -0.39 is 0 Å². The van der Waals surface area contributed by atoms with Crippen molar-refractivity contribution in [2.45, 2.75) is 13.3 Å². The van der Waals surface area contributed by atoms with Gasteiger partial charge in [0.05, 0.1) is 11.6 Å². The molecule has 2 aromatic carbocycles. The van der Waals surface area contributed by atoms with Gasteiger partial charge in [0.2, 0.25) is 0 Å². The Bertz CT molecular complexity index is 993. The number of nitrogens with two attached hydrogens (primary N) is 1. The van der Waals surface area contributed by atoms with Crippen molar-refractivity contribution in [2.75, 3.05) is 0 Å². The Morgan fingerprint density at radius 2 is 1.79 bits per heavy atom. The minimum absolute atomic E-state index is 0.0562. The number of Topliss-reactive ketones (excluding diaryl/α,β-unsaturated/α-hetero) is 1.